The van der Waals surface area contributed by atoms with E-state index < -0.39 is 0 Å². The zero-order chi connectivity index (χ0) is 11.7. The molecule has 0 bridgehead atoms. The molecule has 1 unspecified atom stereocenters. The summed E-state index contributed by atoms with van der Waals surface area (Å²) in [6.45, 7) is 1.85. The fourth-order valence-electron chi connectivity index (χ4n) is 1.48. The number of guanidine groups is 2. The number of hydrogen-bond donors (Lipinski definition) is 2. The van der Waals surface area contributed by atoms with Gasteiger partial charge in [0.2, 0.25) is 5.96 Å². The number of aliphatic imine (C=N–C) groups is 3. The summed E-state index contributed by atoms with van der Waals surface area (Å²) in [5.74, 6) is -0.104. The minimum Gasteiger partial charge on any atom is -0.368 e. The van der Waals surface area contributed by atoms with E-state index in [1.807, 2.05) is 25.2 Å². The fraction of sp³-hybridized carbons (Fsp3) is 0.200. The van der Waals surface area contributed by atoms with Crippen LogP contribution in [0.2, 0.25) is 0 Å². The Kier molecular flexibility index (Phi) is 2.70. The molecule has 1 aliphatic carbocycles. The third kappa shape index (κ3) is 2.09. The molecule has 6 heteroatoms. The second-order valence-corrected chi connectivity index (χ2v) is 3.88. The van der Waals surface area contributed by atoms with Crippen molar-refractivity contribution in [2.24, 2.45) is 20.7 Å². The molecule has 0 saturated carbocycles. The van der Waals surface area contributed by atoms with E-state index in [1.165, 1.54) is 0 Å². The number of halogens is 1. The van der Waals surface area contributed by atoms with Crippen LogP contribution in [-0.2, 0) is 0 Å². The summed E-state index contributed by atoms with van der Waals surface area (Å²) in [5, 5.41) is 6.92. The van der Waals surface area contributed by atoms with Gasteiger partial charge in [-0.1, -0.05) is 12.2 Å². The molecule has 1 aliphatic heterocycles. The van der Waals surface area contributed by atoms with Crippen LogP contribution in [0.5, 0.6) is 0 Å². The van der Waals surface area contributed by atoms with E-state index in [9.17, 15) is 0 Å². The van der Waals surface area contributed by atoms with E-state index in [-0.39, 0.29) is 17.3 Å². The molecule has 2 rings (SSSR count). The lowest BCUT2D eigenvalue weighted by atomic mass is 9.99. The van der Waals surface area contributed by atoms with Crippen LogP contribution in [-0.4, -0.2) is 28.7 Å². The van der Waals surface area contributed by atoms with Gasteiger partial charge in [0.05, 0.1) is 16.8 Å². The molecule has 2 aliphatic rings. The Hall–Kier alpha value is -1.75. The van der Waals surface area contributed by atoms with Gasteiger partial charge in [0, 0.05) is 5.57 Å². The minimum absolute atomic E-state index is 0.134. The number of rotatable bonds is 0. The highest BCUT2D eigenvalue weighted by molar-refractivity contribution is 6.36. The minimum atomic E-state index is -0.307. The first-order valence-electron chi connectivity index (χ1n) is 4.68. The van der Waals surface area contributed by atoms with Gasteiger partial charge in [0.1, 0.15) is 0 Å². The maximum Gasteiger partial charge on any atom is 0.253 e. The van der Waals surface area contributed by atoms with Crippen LogP contribution < -0.4 is 5.73 Å². The molecule has 16 heavy (non-hydrogen) atoms. The summed E-state index contributed by atoms with van der Waals surface area (Å²) < 4.78 is 0. The molecular weight excluding hydrogens is 226 g/mol. The van der Waals surface area contributed by atoms with E-state index in [4.69, 9.17) is 22.7 Å². The lowest BCUT2D eigenvalue weighted by molar-refractivity contribution is 1.31. The van der Waals surface area contributed by atoms with Crippen LogP contribution in [0.1, 0.15) is 6.92 Å². The average molecular weight is 236 g/mol. The summed E-state index contributed by atoms with van der Waals surface area (Å²) in [5.41, 5.74) is 7.60. The summed E-state index contributed by atoms with van der Waals surface area (Å²) in [4.78, 5) is 12.0. The van der Waals surface area contributed by atoms with Gasteiger partial charge in [-0.2, -0.15) is 4.99 Å². The number of alkyl halides is 1. The van der Waals surface area contributed by atoms with E-state index in [1.54, 1.807) is 0 Å². The standard InChI is InChI=1S/C10H10ClN5/c1-5-7-4-6(11)2-3-8(7)15-10(14-5)16-9(12)13/h2-4,6H,1H3,(H3,12,13)/b16-10+. The van der Waals surface area contributed by atoms with E-state index >= 15 is 0 Å². The first kappa shape index (κ1) is 10.8. The lowest BCUT2D eigenvalue weighted by Gasteiger charge is -2.17. The summed E-state index contributed by atoms with van der Waals surface area (Å²) in [6, 6.07) is 0. The Labute approximate surface area is 97.6 Å². The number of nitrogens with two attached hydrogens (primary N) is 1. The molecule has 0 spiro atoms. The zero-order valence-corrected chi connectivity index (χ0v) is 9.36. The largest absolute Gasteiger partial charge is 0.368 e. The van der Waals surface area contributed by atoms with Crippen molar-refractivity contribution >= 4 is 34.9 Å². The van der Waals surface area contributed by atoms with Gasteiger partial charge in [-0.05, 0) is 13.0 Å². The lowest BCUT2D eigenvalue weighted by Crippen LogP contribution is -2.22. The third-order valence-corrected chi connectivity index (χ3v) is 2.41. The molecule has 1 atom stereocenters. The Balaban J connectivity index is 2.43. The Morgan fingerprint density at radius 3 is 3.00 bits per heavy atom. The molecule has 0 aromatic rings. The number of allylic oxidation sites excluding steroid dienone is 4. The van der Waals surface area contributed by atoms with Crippen molar-refractivity contribution in [2.45, 2.75) is 12.3 Å². The molecule has 3 N–H and O–H groups in total. The molecule has 0 amide bonds. The monoisotopic (exact) mass is 235 g/mol. The van der Waals surface area contributed by atoms with Gasteiger partial charge in [0.15, 0.2) is 0 Å². The van der Waals surface area contributed by atoms with Crippen LogP contribution in [0.15, 0.2) is 38.8 Å². The molecule has 0 fully saturated rings. The number of nitrogens with one attached hydrogen (secondary N) is 1. The van der Waals surface area contributed by atoms with E-state index in [0.717, 1.165) is 17.0 Å². The second kappa shape index (κ2) is 4.02. The summed E-state index contributed by atoms with van der Waals surface area (Å²) >= 11 is 5.96. The number of fused-ring (bicyclic) bond motifs is 1. The van der Waals surface area contributed by atoms with Crippen LogP contribution in [0.3, 0.4) is 0 Å². The van der Waals surface area contributed by atoms with Crippen molar-refractivity contribution in [3.05, 3.63) is 23.8 Å². The summed E-state index contributed by atoms with van der Waals surface area (Å²) in [6.07, 6.45) is 5.53. The van der Waals surface area contributed by atoms with Crippen molar-refractivity contribution in [1.82, 2.24) is 0 Å². The normalized spacial score (nSPS) is 25.8. The molecule has 82 valence electrons. The zero-order valence-electron chi connectivity index (χ0n) is 8.61. The Morgan fingerprint density at radius 1 is 1.56 bits per heavy atom. The van der Waals surface area contributed by atoms with Crippen LogP contribution in [0.4, 0.5) is 0 Å². The predicted molar refractivity (Wildman–Crippen MR) is 66.8 cm³/mol. The van der Waals surface area contributed by atoms with Gasteiger partial charge < -0.3 is 5.73 Å². The highest BCUT2D eigenvalue weighted by Gasteiger charge is 2.19. The topological polar surface area (TPSA) is 87.0 Å². The number of hydrogen-bond acceptors (Lipinski definition) is 1. The van der Waals surface area contributed by atoms with Crippen molar-refractivity contribution in [2.75, 3.05) is 0 Å². The van der Waals surface area contributed by atoms with Gasteiger partial charge >= 0.3 is 0 Å². The SMILES string of the molecule is CC1=N/C(=N\C(=N)N)N=C2C=CC(Cl)C=C12. The number of nitrogens with zero attached hydrogens (tertiary/aromatic N) is 3. The quantitative estimate of drug-likeness (QED) is 0.370. The molecule has 0 aromatic carbocycles. The first-order valence-corrected chi connectivity index (χ1v) is 5.11. The Bertz CT molecular complexity index is 495. The van der Waals surface area contributed by atoms with Crippen LogP contribution >= 0.6 is 11.6 Å². The highest BCUT2D eigenvalue weighted by atomic mass is 35.5. The smallest absolute Gasteiger partial charge is 0.253 e. The van der Waals surface area contributed by atoms with Crippen molar-refractivity contribution in [3.8, 4) is 0 Å². The maximum absolute atomic E-state index is 7.06. The van der Waals surface area contributed by atoms with Crippen molar-refractivity contribution in [1.29, 1.82) is 5.41 Å². The second-order valence-electron chi connectivity index (χ2n) is 3.38. The van der Waals surface area contributed by atoms with E-state index in [0.29, 0.717) is 0 Å². The van der Waals surface area contributed by atoms with Gasteiger partial charge in [-0.3, -0.25) is 5.41 Å². The van der Waals surface area contributed by atoms with Crippen LogP contribution in [0, 0.1) is 5.41 Å². The van der Waals surface area contributed by atoms with Crippen molar-refractivity contribution in [3.63, 3.8) is 0 Å². The molecule has 5 nitrogen and oxygen atoms in total. The molecule has 0 radical (unpaired) electrons. The van der Waals surface area contributed by atoms with Crippen molar-refractivity contribution < 1.29 is 0 Å². The van der Waals surface area contributed by atoms with Gasteiger partial charge in [-0.15, -0.1) is 11.6 Å². The molecule has 0 saturated heterocycles. The summed E-state index contributed by atoms with van der Waals surface area (Å²) in [7, 11) is 0. The van der Waals surface area contributed by atoms with Gasteiger partial charge in [0.25, 0.3) is 5.96 Å². The molecule has 0 aromatic heterocycles. The Morgan fingerprint density at radius 2 is 2.31 bits per heavy atom. The third-order valence-electron chi connectivity index (χ3n) is 2.14. The van der Waals surface area contributed by atoms with E-state index in [2.05, 4.69) is 15.0 Å². The van der Waals surface area contributed by atoms with Crippen LogP contribution in [0.25, 0.3) is 0 Å². The maximum atomic E-state index is 7.06. The molecule has 1 heterocycles. The fourth-order valence-corrected chi connectivity index (χ4v) is 1.68. The first-order chi connectivity index (χ1) is 7.56. The average Bonchev–Trinajstić information content (AvgIpc) is 2.18. The van der Waals surface area contributed by atoms with Gasteiger partial charge in [-0.25, -0.2) is 9.98 Å². The predicted octanol–water partition coefficient (Wildman–Crippen LogP) is 1.25. The molecular formula is C10H10ClN5. The highest BCUT2D eigenvalue weighted by Crippen LogP contribution is 2.18.